The molecule has 1 atom stereocenters. The number of halogens is 1. The van der Waals surface area contributed by atoms with Crippen molar-refractivity contribution in [2.45, 2.75) is 46.2 Å². The first-order valence-electron chi connectivity index (χ1n) is 9.82. The van der Waals surface area contributed by atoms with Gasteiger partial charge in [0.1, 0.15) is 11.9 Å². The molecule has 6 nitrogen and oxygen atoms in total. The third kappa shape index (κ3) is 5.32. The number of carbonyl (C=O) groups is 2. The lowest BCUT2D eigenvalue weighted by molar-refractivity contribution is -0.123. The van der Waals surface area contributed by atoms with Gasteiger partial charge < -0.3 is 5.32 Å². The van der Waals surface area contributed by atoms with Crippen molar-refractivity contribution in [1.82, 2.24) is 14.9 Å². The molecule has 31 heavy (non-hydrogen) atoms. The summed E-state index contributed by atoms with van der Waals surface area (Å²) in [4.78, 5) is 28.5. The molecule has 1 heterocycles. The van der Waals surface area contributed by atoms with E-state index in [1.807, 2.05) is 52.8 Å². The van der Waals surface area contributed by atoms with E-state index in [0.29, 0.717) is 11.3 Å². The second kappa shape index (κ2) is 8.93. The maximum Gasteiger partial charge on any atom is 0.280 e. The Morgan fingerprint density at radius 1 is 1.10 bits per heavy atom. The van der Waals surface area contributed by atoms with Crippen LogP contribution >= 0.6 is 11.5 Å². The third-order valence-electron chi connectivity index (χ3n) is 4.61. The normalized spacial score (nSPS) is 12.3. The van der Waals surface area contributed by atoms with E-state index >= 15 is 0 Å². The Kier molecular flexibility index (Phi) is 6.50. The molecule has 162 valence electrons. The maximum atomic E-state index is 13.6. The molecule has 0 radical (unpaired) electrons. The topological polar surface area (TPSA) is 75.2 Å². The average Bonchev–Trinajstić information content (AvgIpc) is 3.22. The van der Waals surface area contributed by atoms with Gasteiger partial charge in [0, 0.05) is 16.6 Å². The summed E-state index contributed by atoms with van der Waals surface area (Å²) in [7, 11) is 0. The molecule has 1 aromatic heterocycles. The van der Waals surface area contributed by atoms with E-state index in [9.17, 15) is 14.0 Å². The van der Waals surface area contributed by atoms with Crippen molar-refractivity contribution in [1.29, 1.82) is 0 Å². The van der Waals surface area contributed by atoms with Gasteiger partial charge in [0.25, 0.3) is 5.91 Å². The molecule has 0 bridgehead atoms. The highest BCUT2D eigenvalue weighted by Crippen LogP contribution is 2.33. The fraction of sp³-hybridized carbons (Fsp3) is 0.304. The van der Waals surface area contributed by atoms with Gasteiger partial charge in [-0.1, -0.05) is 28.8 Å². The predicted octanol–water partition coefficient (Wildman–Crippen LogP) is 4.60. The lowest BCUT2D eigenvalue weighted by atomic mass is 9.99. The first-order valence-corrected chi connectivity index (χ1v) is 10.7. The number of benzene rings is 2. The van der Waals surface area contributed by atoms with Crippen molar-refractivity contribution < 1.29 is 14.0 Å². The summed E-state index contributed by atoms with van der Waals surface area (Å²) in [6.07, 6.45) is 0. The zero-order chi connectivity index (χ0) is 22.8. The molecule has 1 N–H and O–H groups in total. The molecule has 0 aliphatic heterocycles. The van der Waals surface area contributed by atoms with Crippen molar-refractivity contribution in [3.05, 3.63) is 76.0 Å². The van der Waals surface area contributed by atoms with Gasteiger partial charge in [-0.05, 0) is 81.0 Å². The zero-order valence-electron chi connectivity index (χ0n) is 18.1. The summed E-state index contributed by atoms with van der Waals surface area (Å²) < 4.78 is 17.4. The van der Waals surface area contributed by atoms with Gasteiger partial charge in [0.05, 0.1) is 0 Å². The minimum Gasteiger partial charge on any atom is -0.349 e. The first kappa shape index (κ1) is 22.6. The van der Waals surface area contributed by atoms with Crippen LogP contribution in [0.25, 0.3) is 0 Å². The molecule has 0 saturated carbocycles. The van der Waals surface area contributed by atoms with E-state index in [2.05, 4.69) is 14.9 Å². The fourth-order valence-corrected chi connectivity index (χ4v) is 3.66. The van der Waals surface area contributed by atoms with Gasteiger partial charge in [0.15, 0.2) is 5.69 Å². The number of nitrogens with zero attached hydrogens (tertiary/aromatic N) is 3. The summed E-state index contributed by atoms with van der Waals surface area (Å²) in [5, 5.41) is 8.43. The predicted molar refractivity (Wildman–Crippen MR) is 120 cm³/mol. The molecule has 2 aromatic carbocycles. The molecule has 8 heteroatoms. The van der Waals surface area contributed by atoms with E-state index in [4.69, 9.17) is 0 Å². The largest absolute Gasteiger partial charge is 0.349 e. The van der Waals surface area contributed by atoms with Crippen LogP contribution in [0.4, 0.5) is 10.1 Å². The van der Waals surface area contributed by atoms with Gasteiger partial charge >= 0.3 is 0 Å². The molecule has 0 aliphatic carbocycles. The Morgan fingerprint density at radius 3 is 2.35 bits per heavy atom. The Morgan fingerprint density at radius 2 is 1.77 bits per heavy atom. The molecule has 0 aliphatic rings. The molecule has 0 fully saturated rings. The summed E-state index contributed by atoms with van der Waals surface area (Å²) in [5.41, 5.74) is 2.42. The number of anilines is 1. The van der Waals surface area contributed by atoms with Crippen LogP contribution in [0.15, 0.2) is 47.8 Å². The highest BCUT2D eigenvalue weighted by Gasteiger charge is 2.36. The Hall–Kier alpha value is -3.13. The van der Waals surface area contributed by atoms with Gasteiger partial charge in [-0.3, -0.25) is 14.5 Å². The highest BCUT2D eigenvalue weighted by molar-refractivity contribution is 7.03. The Balaban J connectivity index is 2.23. The monoisotopic (exact) mass is 440 g/mol. The minimum atomic E-state index is -1.03. The quantitative estimate of drug-likeness (QED) is 0.629. The van der Waals surface area contributed by atoms with E-state index in [-0.39, 0.29) is 11.6 Å². The lowest BCUT2D eigenvalue weighted by Gasteiger charge is -2.34. The molecule has 3 aromatic rings. The number of aromatic nitrogens is 2. The van der Waals surface area contributed by atoms with Crippen LogP contribution in [0.5, 0.6) is 0 Å². The Bertz CT molecular complexity index is 1080. The number of nitrogens with one attached hydrogen (secondary N) is 1. The molecule has 0 saturated heterocycles. The number of hydrogen-bond acceptors (Lipinski definition) is 5. The van der Waals surface area contributed by atoms with Crippen LogP contribution in [0.2, 0.25) is 0 Å². The minimum absolute atomic E-state index is 0.140. The summed E-state index contributed by atoms with van der Waals surface area (Å²) in [6.45, 7) is 9.37. The number of aryl methyl sites for hydroxylation is 2. The number of hydrogen-bond donors (Lipinski definition) is 1. The molecule has 0 unspecified atom stereocenters. The second-order valence-corrected chi connectivity index (χ2v) is 9.06. The summed E-state index contributed by atoms with van der Waals surface area (Å²) >= 11 is 1.06. The summed E-state index contributed by atoms with van der Waals surface area (Å²) in [6, 6.07) is 10.3. The molecule has 2 amide bonds. The average molecular weight is 441 g/mol. The van der Waals surface area contributed by atoms with Crippen molar-refractivity contribution >= 4 is 29.0 Å². The van der Waals surface area contributed by atoms with Crippen LogP contribution < -0.4 is 10.2 Å². The smallest absolute Gasteiger partial charge is 0.280 e. The van der Waals surface area contributed by atoms with Gasteiger partial charge in [-0.25, -0.2) is 4.39 Å². The van der Waals surface area contributed by atoms with Crippen LogP contribution in [0.3, 0.4) is 0 Å². The Labute approximate surface area is 185 Å². The fourth-order valence-electron chi connectivity index (χ4n) is 3.23. The van der Waals surface area contributed by atoms with E-state index in [0.717, 1.165) is 22.7 Å². The van der Waals surface area contributed by atoms with Crippen molar-refractivity contribution in [2.75, 3.05) is 4.90 Å². The van der Waals surface area contributed by atoms with Crippen LogP contribution in [0.1, 0.15) is 54.0 Å². The maximum absolute atomic E-state index is 13.6. The van der Waals surface area contributed by atoms with Crippen LogP contribution in [-0.2, 0) is 4.79 Å². The highest BCUT2D eigenvalue weighted by atomic mass is 32.1. The zero-order valence-corrected chi connectivity index (χ0v) is 19.0. The SMILES string of the molecule is Cc1ccc(C)c(N(C(=O)c2csnn2)[C@H](C(=O)NC(C)(C)C)c2ccc(F)cc2)c1. The van der Waals surface area contributed by atoms with E-state index in [1.54, 1.807) is 5.38 Å². The van der Waals surface area contributed by atoms with Crippen molar-refractivity contribution in [3.8, 4) is 0 Å². The molecular weight excluding hydrogens is 415 g/mol. The standard InChI is InChI=1S/C23H25FN4O2S/c1-14-6-7-15(2)19(12-14)28(22(30)18-13-31-27-26-18)20(21(29)25-23(3,4)5)16-8-10-17(24)11-9-16/h6-13,20H,1-5H3,(H,25,29)/t20-/m0/s1. The van der Waals surface area contributed by atoms with E-state index in [1.165, 1.54) is 29.2 Å². The van der Waals surface area contributed by atoms with Crippen molar-refractivity contribution in [2.24, 2.45) is 0 Å². The van der Waals surface area contributed by atoms with E-state index < -0.39 is 23.3 Å². The van der Waals surface area contributed by atoms with Gasteiger partial charge in [-0.15, -0.1) is 5.10 Å². The van der Waals surface area contributed by atoms with Crippen LogP contribution in [-0.4, -0.2) is 26.9 Å². The summed E-state index contributed by atoms with van der Waals surface area (Å²) in [5.74, 6) is -1.26. The first-order chi connectivity index (χ1) is 14.6. The molecule has 3 rings (SSSR count). The molecule has 0 spiro atoms. The van der Waals surface area contributed by atoms with Crippen LogP contribution in [0, 0.1) is 19.7 Å². The van der Waals surface area contributed by atoms with Gasteiger partial charge in [0.2, 0.25) is 5.91 Å². The second-order valence-electron chi connectivity index (χ2n) is 8.45. The lowest BCUT2D eigenvalue weighted by Crippen LogP contribution is -2.49. The molecular formula is C23H25FN4O2S. The number of carbonyl (C=O) groups excluding carboxylic acids is 2. The number of amides is 2. The van der Waals surface area contributed by atoms with Gasteiger partial charge in [-0.2, -0.15) is 0 Å². The number of rotatable bonds is 5. The third-order valence-corrected chi connectivity index (χ3v) is 5.12. The van der Waals surface area contributed by atoms with Crippen molar-refractivity contribution in [3.63, 3.8) is 0 Å².